The van der Waals surface area contributed by atoms with Gasteiger partial charge >= 0.3 is 0 Å². The Hall–Kier alpha value is -1.89. The molecule has 0 fully saturated rings. The zero-order valence-electron chi connectivity index (χ0n) is 13.3. The summed E-state index contributed by atoms with van der Waals surface area (Å²) >= 11 is 14.6. The van der Waals surface area contributed by atoms with Crippen LogP contribution in [0.15, 0.2) is 64.3 Å². The van der Waals surface area contributed by atoms with E-state index in [1.165, 1.54) is 0 Å². The summed E-state index contributed by atoms with van der Waals surface area (Å²) in [6.45, 7) is 1.84. The van der Waals surface area contributed by atoms with Gasteiger partial charge in [-0.3, -0.25) is 4.79 Å². The van der Waals surface area contributed by atoms with E-state index in [-0.39, 0.29) is 11.9 Å². The summed E-state index contributed by atoms with van der Waals surface area (Å²) in [5, 5.41) is 10.2. The molecular formula is C18H15BrClN3OS. The molecule has 25 heavy (non-hydrogen) atoms. The van der Waals surface area contributed by atoms with Gasteiger partial charge in [-0.1, -0.05) is 39.7 Å². The zero-order chi connectivity index (χ0) is 18.0. The van der Waals surface area contributed by atoms with Gasteiger partial charge in [0, 0.05) is 20.9 Å². The molecule has 0 unspecified atom stereocenters. The largest absolute Gasteiger partial charge is 0.351 e. The van der Waals surface area contributed by atoms with Crippen molar-refractivity contribution in [2.45, 2.75) is 13.0 Å². The quantitative estimate of drug-likeness (QED) is 0.619. The molecule has 0 radical (unpaired) electrons. The van der Waals surface area contributed by atoms with Crippen LogP contribution in [-0.4, -0.2) is 11.0 Å². The summed E-state index contributed by atoms with van der Waals surface area (Å²) < 4.78 is 0.973. The summed E-state index contributed by atoms with van der Waals surface area (Å²) in [6, 6.07) is 14.5. The third-order valence-electron chi connectivity index (χ3n) is 3.82. The van der Waals surface area contributed by atoms with Crippen molar-refractivity contribution in [1.29, 1.82) is 0 Å². The molecule has 0 spiro atoms. The van der Waals surface area contributed by atoms with E-state index in [1.54, 1.807) is 24.3 Å². The number of carbonyl (C=O) groups is 1. The van der Waals surface area contributed by atoms with Crippen molar-refractivity contribution < 1.29 is 4.79 Å². The van der Waals surface area contributed by atoms with Crippen LogP contribution < -0.4 is 16.0 Å². The Morgan fingerprint density at radius 2 is 1.80 bits per heavy atom. The highest BCUT2D eigenvalue weighted by Crippen LogP contribution is 2.28. The minimum absolute atomic E-state index is 0.199. The van der Waals surface area contributed by atoms with E-state index in [1.807, 2.05) is 31.2 Å². The van der Waals surface area contributed by atoms with Gasteiger partial charge in [-0.2, -0.15) is 0 Å². The molecule has 7 heteroatoms. The van der Waals surface area contributed by atoms with E-state index < -0.39 is 0 Å². The Morgan fingerprint density at radius 3 is 2.44 bits per heavy atom. The van der Waals surface area contributed by atoms with Crippen molar-refractivity contribution in [2.75, 3.05) is 5.32 Å². The zero-order valence-corrected chi connectivity index (χ0v) is 16.4. The van der Waals surface area contributed by atoms with Gasteiger partial charge in [0.2, 0.25) is 0 Å². The number of anilines is 1. The fourth-order valence-corrected chi connectivity index (χ4v) is 3.29. The van der Waals surface area contributed by atoms with Gasteiger partial charge in [0.05, 0.1) is 11.6 Å². The topological polar surface area (TPSA) is 53.2 Å². The first-order chi connectivity index (χ1) is 11.9. The monoisotopic (exact) mass is 435 g/mol. The highest BCUT2D eigenvalue weighted by Gasteiger charge is 2.29. The van der Waals surface area contributed by atoms with Crippen LogP contribution in [0, 0.1) is 0 Å². The second-order valence-electron chi connectivity index (χ2n) is 5.58. The molecule has 2 aromatic rings. The molecule has 1 atom stereocenters. The molecule has 1 heterocycles. The first-order valence-electron chi connectivity index (χ1n) is 7.54. The normalized spacial score (nSPS) is 16.9. The van der Waals surface area contributed by atoms with Crippen molar-refractivity contribution in [2.24, 2.45) is 0 Å². The van der Waals surface area contributed by atoms with Crippen LogP contribution in [-0.2, 0) is 4.79 Å². The molecule has 4 nitrogen and oxygen atoms in total. The Bertz CT molecular complexity index is 850. The van der Waals surface area contributed by atoms with E-state index in [2.05, 4.69) is 31.9 Å². The third kappa shape index (κ3) is 4.21. The van der Waals surface area contributed by atoms with Gasteiger partial charge in [0.15, 0.2) is 5.11 Å². The van der Waals surface area contributed by atoms with E-state index in [9.17, 15) is 4.79 Å². The van der Waals surface area contributed by atoms with Gasteiger partial charge in [0.25, 0.3) is 5.91 Å². The first-order valence-corrected chi connectivity index (χ1v) is 9.12. The molecule has 3 N–H and O–H groups in total. The lowest BCUT2D eigenvalue weighted by atomic mass is 9.95. The van der Waals surface area contributed by atoms with Crippen LogP contribution in [0.4, 0.5) is 5.69 Å². The molecule has 1 amide bonds. The number of hydrogen-bond donors (Lipinski definition) is 3. The number of hydrogen-bond acceptors (Lipinski definition) is 2. The van der Waals surface area contributed by atoms with Crippen LogP contribution in [0.3, 0.4) is 0 Å². The molecule has 1 aliphatic heterocycles. The van der Waals surface area contributed by atoms with E-state index in [4.69, 9.17) is 23.8 Å². The number of amides is 1. The van der Waals surface area contributed by atoms with Crippen LogP contribution in [0.5, 0.6) is 0 Å². The lowest BCUT2D eigenvalue weighted by Crippen LogP contribution is -2.45. The summed E-state index contributed by atoms with van der Waals surface area (Å²) in [4.78, 5) is 12.9. The molecule has 0 bridgehead atoms. The predicted molar refractivity (Wildman–Crippen MR) is 109 cm³/mol. The summed E-state index contributed by atoms with van der Waals surface area (Å²) in [5.74, 6) is -0.199. The predicted octanol–water partition coefficient (Wildman–Crippen LogP) is 4.53. The lowest BCUT2D eigenvalue weighted by Gasteiger charge is -2.30. The Kier molecular flexibility index (Phi) is 5.42. The van der Waals surface area contributed by atoms with Gasteiger partial charge in [0.1, 0.15) is 0 Å². The first kappa shape index (κ1) is 17.9. The van der Waals surface area contributed by atoms with Crippen molar-refractivity contribution in [3.63, 3.8) is 0 Å². The highest BCUT2D eigenvalue weighted by molar-refractivity contribution is 9.10. The number of allylic oxidation sites excluding steroid dienone is 1. The molecule has 1 aliphatic rings. The van der Waals surface area contributed by atoms with Crippen molar-refractivity contribution >= 4 is 56.5 Å². The average Bonchev–Trinajstić information content (AvgIpc) is 2.57. The Balaban J connectivity index is 1.92. The second-order valence-corrected chi connectivity index (χ2v) is 7.34. The summed E-state index contributed by atoms with van der Waals surface area (Å²) in [7, 11) is 0. The van der Waals surface area contributed by atoms with Gasteiger partial charge in [-0.25, -0.2) is 0 Å². The minimum Gasteiger partial charge on any atom is -0.351 e. The smallest absolute Gasteiger partial charge is 0.255 e. The Labute approximate surface area is 164 Å². The fourth-order valence-electron chi connectivity index (χ4n) is 2.63. The number of nitrogens with one attached hydrogen (secondary N) is 3. The molecule has 3 rings (SSSR count). The van der Waals surface area contributed by atoms with E-state index >= 15 is 0 Å². The number of carbonyl (C=O) groups excluding carboxylic acids is 1. The number of thiocarbonyl (C=S) groups is 1. The number of halogens is 2. The molecule has 0 aliphatic carbocycles. The SMILES string of the molecule is CC1=C(C(=O)Nc2ccc(Cl)cc2)[C@H](c2ccc(Br)cc2)NC(=S)N1. The molecule has 0 saturated heterocycles. The van der Waals surface area contributed by atoms with Gasteiger partial charge in [-0.15, -0.1) is 0 Å². The standard InChI is InChI=1S/C18H15BrClN3OS/c1-10-15(17(24)22-14-8-6-13(20)7-9-14)16(23-18(25)21-10)11-2-4-12(19)5-3-11/h2-9,16H,1H3,(H,22,24)(H2,21,23,25)/t16-/m0/s1. The lowest BCUT2D eigenvalue weighted by molar-refractivity contribution is -0.113. The van der Waals surface area contributed by atoms with E-state index in [0.717, 1.165) is 15.7 Å². The van der Waals surface area contributed by atoms with E-state index in [0.29, 0.717) is 21.4 Å². The van der Waals surface area contributed by atoms with Crippen molar-refractivity contribution in [3.05, 3.63) is 74.9 Å². The molecule has 2 aromatic carbocycles. The maximum atomic E-state index is 12.9. The highest BCUT2D eigenvalue weighted by atomic mass is 79.9. The third-order valence-corrected chi connectivity index (χ3v) is 4.82. The number of benzene rings is 2. The summed E-state index contributed by atoms with van der Waals surface area (Å²) in [5.41, 5.74) is 2.94. The van der Waals surface area contributed by atoms with Crippen molar-refractivity contribution in [3.8, 4) is 0 Å². The van der Waals surface area contributed by atoms with Crippen LogP contribution in [0.25, 0.3) is 0 Å². The molecule has 128 valence electrons. The average molecular weight is 437 g/mol. The maximum absolute atomic E-state index is 12.9. The van der Waals surface area contributed by atoms with Gasteiger partial charge in [-0.05, 0) is 61.1 Å². The fraction of sp³-hybridized carbons (Fsp3) is 0.111. The summed E-state index contributed by atoms with van der Waals surface area (Å²) in [6.07, 6.45) is 0. The van der Waals surface area contributed by atoms with Crippen molar-refractivity contribution in [1.82, 2.24) is 10.6 Å². The molecule has 0 aromatic heterocycles. The molecule has 0 saturated carbocycles. The second kappa shape index (κ2) is 7.56. The Morgan fingerprint density at radius 1 is 1.16 bits per heavy atom. The van der Waals surface area contributed by atoms with Crippen LogP contribution >= 0.6 is 39.7 Å². The molecular weight excluding hydrogens is 422 g/mol. The number of rotatable bonds is 3. The van der Waals surface area contributed by atoms with Crippen LogP contribution in [0.2, 0.25) is 5.02 Å². The van der Waals surface area contributed by atoms with Crippen LogP contribution in [0.1, 0.15) is 18.5 Å². The van der Waals surface area contributed by atoms with Gasteiger partial charge < -0.3 is 16.0 Å². The maximum Gasteiger partial charge on any atom is 0.255 e. The minimum atomic E-state index is -0.325.